The van der Waals surface area contributed by atoms with E-state index < -0.39 is 0 Å². The molecule has 2 fully saturated rings. The third-order valence-corrected chi connectivity index (χ3v) is 5.46. The lowest BCUT2D eigenvalue weighted by atomic mass is 10.1. The number of nitrogens with zero attached hydrogens (tertiary/aromatic N) is 3. The van der Waals surface area contributed by atoms with Gasteiger partial charge in [-0.2, -0.15) is 0 Å². The summed E-state index contributed by atoms with van der Waals surface area (Å²) >= 11 is 0. The lowest BCUT2D eigenvalue weighted by molar-refractivity contribution is 0.0671. The van der Waals surface area contributed by atoms with Gasteiger partial charge in [0.15, 0.2) is 0 Å². The molecule has 6 heteroatoms. The van der Waals surface area contributed by atoms with Crippen molar-refractivity contribution >= 4 is 23.3 Å². The molecule has 2 aliphatic rings. The van der Waals surface area contributed by atoms with Crippen molar-refractivity contribution in [3.8, 4) is 0 Å². The molecule has 3 amide bonds. The Morgan fingerprint density at radius 2 is 1.32 bits per heavy atom. The van der Waals surface area contributed by atoms with Crippen LogP contribution >= 0.6 is 0 Å². The first kappa shape index (κ1) is 18.3. The Hall–Kier alpha value is -3.02. The Kier molecular flexibility index (Phi) is 5.46. The average Bonchev–Trinajstić information content (AvgIpc) is 3.29. The molecule has 0 saturated carbocycles. The minimum Gasteiger partial charge on any atom is -0.372 e. The molecular formula is C22H26N4O2. The quantitative estimate of drug-likeness (QED) is 0.892. The van der Waals surface area contributed by atoms with Crippen molar-refractivity contribution in [2.75, 3.05) is 49.5 Å². The van der Waals surface area contributed by atoms with Gasteiger partial charge in [-0.3, -0.25) is 4.79 Å². The number of carbonyl (C=O) groups excluding carboxylic acids is 2. The predicted molar refractivity (Wildman–Crippen MR) is 111 cm³/mol. The molecule has 0 radical (unpaired) electrons. The summed E-state index contributed by atoms with van der Waals surface area (Å²) in [5, 5.41) is 2.90. The first-order valence-electron chi connectivity index (χ1n) is 9.96. The lowest BCUT2D eigenvalue weighted by Crippen LogP contribution is -2.51. The van der Waals surface area contributed by atoms with Crippen LogP contribution in [0.25, 0.3) is 0 Å². The summed E-state index contributed by atoms with van der Waals surface area (Å²) in [5.41, 5.74) is 2.69. The van der Waals surface area contributed by atoms with Gasteiger partial charge in [0, 0.05) is 56.2 Å². The minimum absolute atomic E-state index is 0.0380. The van der Waals surface area contributed by atoms with Gasteiger partial charge in [0.1, 0.15) is 0 Å². The Bertz CT molecular complexity index is 808. The van der Waals surface area contributed by atoms with E-state index in [1.165, 1.54) is 18.5 Å². The van der Waals surface area contributed by atoms with E-state index in [1.807, 2.05) is 59.5 Å². The van der Waals surface area contributed by atoms with Gasteiger partial charge in [-0.05, 0) is 49.2 Å². The summed E-state index contributed by atoms with van der Waals surface area (Å²) in [5.74, 6) is 0.0380. The second-order valence-corrected chi connectivity index (χ2v) is 7.32. The van der Waals surface area contributed by atoms with Crippen molar-refractivity contribution in [3.05, 3.63) is 60.2 Å². The standard InChI is InChI=1S/C22H26N4O2/c27-21(18-8-10-20(11-9-18)24-12-4-5-13-24)25-14-16-26(17-15-25)22(28)23-19-6-2-1-3-7-19/h1-3,6-11H,4-5,12-17H2,(H,23,28). The Morgan fingerprint density at radius 1 is 0.714 bits per heavy atom. The second-order valence-electron chi connectivity index (χ2n) is 7.32. The van der Waals surface area contributed by atoms with Crippen molar-refractivity contribution in [3.63, 3.8) is 0 Å². The highest BCUT2D eigenvalue weighted by Crippen LogP contribution is 2.21. The van der Waals surface area contributed by atoms with Crippen LogP contribution in [0.2, 0.25) is 0 Å². The summed E-state index contributed by atoms with van der Waals surface area (Å²) in [6.07, 6.45) is 2.48. The maximum absolute atomic E-state index is 12.8. The number of nitrogens with one attached hydrogen (secondary N) is 1. The van der Waals surface area contributed by atoms with E-state index in [1.54, 1.807) is 4.90 Å². The van der Waals surface area contributed by atoms with Crippen LogP contribution < -0.4 is 10.2 Å². The van der Waals surface area contributed by atoms with E-state index in [9.17, 15) is 9.59 Å². The second kappa shape index (κ2) is 8.33. The molecule has 2 aromatic carbocycles. The fraction of sp³-hybridized carbons (Fsp3) is 0.364. The van der Waals surface area contributed by atoms with Crippen molar-refractivity contribution in [2.45, 2.75) is 12.8 Å². The van der Waals surface area contributed by atoms with Gasteiger partial charge in [0.05, 0.1) is 0 Å². The number of benzene rings is 2. The number of amides is 3. The third kappa shape index (κ3) is 4.11. The number of hydrogen-bond donors (Lipinski definition) is 1. The fourth-order valence-corrected chi connectivity index (χ4v) is 3.81. The smallest absolute Gasteiger partial charge is 0.321 e. The molecule has 0 bridgehead atoms. The van der Waals surface area contributed by atoms with Crippen molar-refractivity contribution < 1.29 is 9.59 Å². The van der Waals surface area contributed by atoms with Crippen LogP contribution in [0.4, 0.5) is 16.2 Å². The summed E-state index contributed by atoms with van der Waals surface area (Å²) in [6.45, 7) is 4.37. The number of anilines is 2. The number of para-hydroxylation sites is 1. The lowest BCUT2D eigenvalue weighted by Gasteiger charge is -2.34. The number of carbonyl (C=O) groups is 2. The van der Waals surface area contributed by atoms with E-state index in [-0.39, 0.29) is 11.9 Å². The zero-order valence-corrected chi connectivity index (χ0v) is 16.0. The zero-order valence-electron chi connectivity index (χ0n) is 16.0. The van der Waals surface area contributed by atoms with Crippen LogP contribution in [0.3, 0.4) is 0 Å². The molecule has 0 unspecified atom stereocenters. The summed E-state index contributed by atoms with van der Waals surface area (Å²) in [7, 11) is 0. The molecule has 0 spiro atoms. The first-order valence-corrected chi connectivity index (χ1v) is 9.96. The highest BCUT2D eigenvalue weighted by molar-refractivity contribution is 5.95. The van der Waals surface area contributed by atoms with E-state index in [0.29, 0.717) is 31.7 Å². The Labute approximate surface area is 165 Å². The minimum atomic E-state index is -0.117. The van der Waals surface area contributed by atoms with Crippen molar-refractivity contribution in [2.24, 2.45) is 0 Å². The Balaban J connectivity index is 1.30. The topological polar surface area (TPSA) is 55.9 Å². The fourth-order valence-electron chi connectivity index (χ4n) is 3.81. The summed E-state index contributed by atoms with van der Waals surface area (Å²) < 4.78 is 0. The zero-order chi connectivity index (χ0) is 19.3. The maximum Gasteiger partial charge on any atom is 0.321 e. The van der Waals surface area contributed by atoms with Crippen LogP contribution in [0.15, 0.2) is 54.6 Å². The molecule has 4 rings (SSSR count). The van der Waals surface area contributed by atoms with Crippen LogP contribution in [0.1, 0.15) is 23.2 Å². The summed E-state index contributed by atoms with van der Waals surface area (Å²) in [6, 6.07) is 17.2. The van der Waals surface area contributed by atoms with E-state index in [2.05, 4.69) is 10.2 Å². The van der Waals surface area contributed by atoms with E-state index in [4.69, 9.17) is 0 Å². The van der Waals surface area contributed by atoms with Gasteiger partial charge >= 0.3 is 6.03 Å². The van der Waals surface area contributed by atoms with Gasteiger partial charge in [-0.15, -0.1) is 0 Å². The molecule has 2 aliphatic heterocycles. The van der Waals surface area contributed by atoms with Crippen LogP contribution in [0, 0.1) is 0 Å². The van der Waals surface area contributed by atoms with Crippen LogP contribution in [-0.2, 0) is 0 Å². The average molecular weight is 378 g/mol. The van der Waals surface area contributed by atoms with Gasteiger partial charge < -0.3 is 20.0 Å². The van der Waals surface area contributed by atoms with Gasteiger partial charge in [-0.1, -0.05) is 18.2 Å². The molecule has 0 aliphatic carbocycles. The van der Waals surface area contributed by atoms with Gasteiger partial charge in [0.25, 0.3) is 5.91 Å². The SMILES string of the molecule is O=C(Nc1ccccc1)N1CCN(C(=O)c2ccc(N3CCCC3)cc2)CC1. The van der Waals surface area contributed by atoms with E-state index >= 15 is 0 Å². The number of urea groups is 1. The van der Waals surface area contributed by atoms with Crippen LogP contribution in [-0.4, -0.2) is 61.0 Å². The van der Waals surface area contributed by atoms with E-state index in [0.717, 1.165) is 18.8 Å². The maximum atomic E-state index is 12.8. The van der Waals surface area contributed by atoms with Crippen LogP contribution in [0.5, 0.6) is 0 Å². The number of hydrogen-bond acceptors (Lipinski definition) is 3. The normalized spacial score (nSPS) is 16.9. The molecule has 6 nitrogen and oxygen atoms in total. The molecule has 2 aromatic rings. The molecule has 0 atom stereocenters. The third-order valence-electron chi connectivity index (χ3n) is 5.46. The van der Waals surface area contributed by atoms with Gasteiger partial charge in [-0.25, -0.2) is 4.79 Å². The highest BCUT2D eigenvalue weighted by atomic mass is 16.2. The first-order chi connectivity index (χ1) is 13.7. The predicted octanol–water partition coefficient (Wildman–Crippen LogP) is 3.28. The molecule has 146 valence electrons. The molecule has 28 heavy (non-hydrogen) atoms. The monoisotopic (exact) mass is 378 g/mol. The van der Waals surface area contributed by atoms with Gasteiger partial charge in [0.2, 0.25) is 0 Å². The molecule has 2 heterocycles. The van der Waals surface area contributed by atoms with Crippen molar-refractivity contribution in [1.29, 1.82) is 0 Å². The number of rotatable bonds is 3. The number of piperazine rings is 1. The van der Waals surface area contributed by atoms with Crippen molar-refractivity contribution in [1.82, 2.24) is 9.80 Å². The Morgan fingerprint density at radius 3 is 1.96 bits per heavy atom. The molecule has 0 aromatic heterocycles. The largest absolute Gasteiger partial charge is 0.372 e. The molecule has 1 N–H and O–H groups in total. The highest BCUT2D eigenvalue weighted by Gasteiger charge is 2.25. The molecular weight excluding hydrogens is 352 g/mol. The summed E-state index contributed by atoms with van der Waals surface area (Å²) in [4.78, 5) is 31.1. The molecule has 2 saturated heterocycles.